The number of aliphatic hydroxyl groups is 1. The van der Waals surface area contributed by atoms with Gasteiger partial charge in [-0.1, -0.05) is 0 Å². The van der Waals surface area contributed by atoms with E-state index in [1.807, 2.05) is 4.90 Å². The predicted molar refractivity (Wildman–Crippen MR) is 80.0 cm³/mol. The third kappa shape index (κ3) is 2.92. The molecule has 0 bridgehead atoms. The van der Waals surface area contributed by atoms with Gasteiger partial charge in [-0.05, 0) is 17.7 Å². The molecule has 0 amide bonds. The van der Waals surface area contributed by atoms with E-state index in [-0.39, 0.29) is 22.8 Å². The standard InChI is InChI=1S/C15H20N2O5/c18-10-12-1-2-13(17(19)20)14(9-12)16-5-8-22-15(11-16)3-6-21-7-4-15/h1-2,9,18H,3-8,10-11H2. The summed E-state index contributed by atoms with van der Waals surface area (Å²) < 4.78 is 11.4. The highest BCUT2D eigenvalue weighted by Crippen LogP contribution is 2.35. The molecule has 0 aromatic heterocycles. The van der Waals surface area contributed by atoms with Crippen LogP contribution >= 0.6 is 0 Å². The van der Waals surface area contributed by atoms with E-state index in [1.165, 1.54) is 6.07 Å². The van der Waals surface area contributed by atoms with Crippen molar-refractivity contribution in [1.82, 2.24) is 0 Å². The van der Waals surface area contributed by atoms with Gasteiger partial charge in [0.1, 0.15) is 5.69 Å². The van der Waals surface area contributed by atoms with Crippen molar-refractivity contribution in [1.29, 1.82) is 0 Å². The monoisotopic (exact) mass is 308 g/mol. The Bertz CT molecular complexity index is 551. The van der Waals surface area contributed by atoms with E-state index in [0.717, 1.165) is 12.8 Å². The molecule has 1 aromatic carbocycles. The average Bonchev–Trinajstić information content (AvgIpc) is 2.55. The maximum atomic E-state index is 11.3. The van der Waals surface area contributed by atoms with Crippen molar-refractivity contribution in [2.24, 2.45) is 0 Å². The van der Waals surface area contributed by atoms with Crippen LogP contribution in [0, 0.1) is 10.1 Å². The molecule has 1 aromatic rings. The Kier molecular flexibility index (Phi) is 4.28. The molecule has 0 radical (unpaired) electrons. The quantitative estimate of drug-likeness (QED) is 0.672. The lowest BCUT2D eigenvalue weighted by Crippen LogP contribution is -2.54. The first kappa shape index (κ1) is 15.2. The normalized spacial score (nSPS) is 21.0. The second-order valence-corrected chi connectivity index (χ2v) is 5.80. The van der Waals surface area contributed by atoms with Crippen molar-refractivity contribution >= 4 is 11.4 Å². The first-order valence-corrected chi connectivity index (χ1v) is 7.48. The molecule has 2 aliphatic heterocycles. The average molecular weight is 308 g/mol. The minimum Gasteiger partial charge on any atom is -0.392 e. The van der Waals surface area contributed by atoms with Gasteiger partial charge in [0.2, 0.25) is 0 Å². The van der Waals surface area contributed by atoms with Gasteiger partial charge in [-0.3, -0.25) is 10.1 Å². The van der Waals surface area contributed by atoms with E-state index in [4.69, 9.17) is 9.47 Å². The molecule has 7 heteroatoms. The van der Waals surface area contributed by atoms with Crippen LogP contribution in [0.2, 0.25) is 0 Å². The van der Waals surface area contributed by atoms with Gasteiger partial charge in [-0.25, -0.2) is 0 Å². The number of hydrogen-bond acceptors (Lipinski definition) is 6. The molecule has 22 heavy (non-hydrogen) atoms. The van der Waals surface area contributed by atoms with Crippen molar-refractivity contribution in [3.63, 3.8) is 0 Å². The summed E-state index contributed by atoms with van der Waals surface area (Å²) >= 11 is 0. The molecule has 7 nitrogen and oxygen atoms in total. The molecule has 2 heterocycles. The minimum absolute atomic E-state index is 0.0707. The Labute approximate surface area is 128 Å². The largest absolute Gasteiger partial charge is 0.392 e. The summed E-state index contributed by atoms with van der Waals surface area (Å²) in [6, 6.07) is 4.76. The number of benzene rings is 1. The summed E-state index contributed by atoms with van der Waals surface area (Å²) in [5.41, 5.74) is 1.03. The van der Waals surface area contributed by atoms with Crippen molar-refractivity contribution in [2.45, 2.75) is 25.0 Å². The third-order valence-corrected chi connectivity index (χ3v) is 4.41. The van der Waals surface area contributed by atoms with E-state index in [1.54, 1.807) is 12.1 Å². The molecule has 0 aliphatic carbocycles. The fraction of sp³-hybridized carbons (Fsp3) is 0.600. The molecule has 3 rings (SSSR count). The first-order chi connectivity index (χ1) is 10.6. The molecule has 2 saturated heterocycles. The maximum absolute atomic E-state index is 11.3. The lowest BCUT2D eigenvalue weighted by Gasteiger charge is -2.45. The number of anilines is 1. The topological polar surface area (TPSA) is 85.1 Å². The van der Waals surface area contributed by atoms with Crippen LogP contribution in [0.4, 0.5) is 11.4 Å². The van der Waals surface area contributed by atoms with Gasteiger partial charge < -0.3 is 19.5 Å². The highest BCUT2D eigenvalue weighted by molar-refractivity contribution is 5.65. The summed E-state index contributed by atoms with van der Waals surface area (Å²) in [6.07, 6.45) is 1.61. The maximum Gasteiger partial charge on any atom is 0.292 e. The molecule has 1 spiro atoms. The highest BCUT2D eigenvalue weighted by atomic mass is 16.6. The number of nitro groups is 1. The summed E-state index contributed by atoms with van der Waals surface area (Å²) in [4.78, 5) is 12.9. The second kappa shape index (κ2) is 6.20. The smallest absolute Gasteiger partial charge is 0.292 e. The summed E-state index contributed by atoms with van der Waals surface area (Å²) in [5.74, 6) is 0. The van der Waals surface area contributed by atoms with Crippen molar-refractivity contribution in [3.05, 3.63) is 33.9 Å². The molecule has 0 unspecified atom stereocenters. The molecule has 120 valence electrons. The van der Waals surface area contributed by atoms with Crippen LogP contribution < -0.4 is 4.90 Å². The van der Waals surface area contributed by atoms with Gasteiger partial charge in [0.15, 0.2) is 0 Å². The molecule has 1 N–H and O–H groups in total. The van der Waals surface area contributed by atoms with E-state index >= 15 is 0 Å². The number of morpholine rings is 1. The molecule has 0 saturated carbocycles. The number of hydrogen-bond donors (Lipinski definition) is 1. The second-order valence-electron chi connectivity index (χ2n) is 5.80. The Morgan fingerprint density at radius 3 is 2.77 bits per heavy atom. The molecule has 0 atom stereocenters. The SMILES string of the molecule is O=[N+]([O-])c1ccc(CO)cc1N1CCOC2(CCOCC2)C1. The van der Waals surface area contributed by atoms with Gasteiger partial charge in [-0.2, -0.15) is 0 Å². The van der Waals surface area contributed by atoms with E-state index < -0.39 is 0 Å². The molecule has 2 aliphatic rings. The van der Waals surface area contributed by atoms with Gasteiger partial charge in [0.25, 0.3) is 5.69 Å². The fourth-order valence-corrected chi connectivity index (χ4v) is 3.17. The summed E-state index contributed by atoms with van der Waals surface area (Å²) in [6.45, 7) is 2.96. The van der Waals surface area contributed by atoms with Crippen molar-refractivity contribution in [2.75, 3.05) is 37.8 Å². The minimum atomic E-state index is -0.372. The van der Waals surface area contributed by atoms with Gasteiger partial charge in [-0.15, -0.1) is 0 Å². The molecular formula is C15H20N2O5. The van der Waals surface area contributed by atoms with Crippen LogP contribution in [0.15, 0.2) is 18.2 Å². The molecular weight excluding hydrogens is 288 g/mol. The summed E-state index contributed by atoms with van der Waals surface area (Å²) in [7, 11) is 0. The lowest BCUT2D eigenvalue weighted by molar-refractivity contribution is -0.384. The number of nitrogens with zero attached hydrogens (tertiary/aromatic N) is 2. The fourth-order valence-electron chi connectivity index (χ4n) is 3.17. The van der Waals surface area contributed by atoms with Gasteiger partial charge >= 0.3 is 0 Å². The highest BCUT2D eigenvalue weighted by Gasteiger charge is 2.39. The lowest BCUT2D eigenvalue weighted by atomic mass is 9.91. The van der Waals surface area contributed by atoms with Crippen LogP contribution in [0.25, 0.3) is 0 Å². The Hall–Kier alpha value is -1.70. The van der Waals surface area contributed by atoms with Crippen molar-refractivity contribution in [3.8, 4) is 0 Å². The van der Waals surface area contributed by atoms with Crippen LogP contribution in [0.5, 0.6) is 0 Å². The Balaban J connectivity index is 1.90. The molecule has 2 fully saturated rings. The predicted octanol–water partition coefficient (Wildman–Crippen LogP) is 1.47. The number of nitro benzene ring substituents is 1. The zero-order chi connectivity index (χ0) is 15.6. The van der Waals surface area contributed by atoms with Crippen molar-refractivity contribution < 1.29 is 19.5 Å². The Morgan fingerprint density at radius 1 is 1.32 bits per heavy atom. The van der Waals surface area contributed by atoms with E-state index in [2.05, 4.69) is 0 Å². The van der Waals surface area contributed by atoms with E-state index in [0.29, 0.717) is 44.2 Å². The number of ether oxygens (including phenoxy) is 2. The number of aliphatic hydroxyl groups excluding tert-OH is 1. The van der Waals surface area contributed by atoms with Gasteiger partial charge in [0.05, 0.1) is 23.7 Å². The first-order valence-electron chi connectivity index (χ1n) is 7.48. The summed E-state index contributed by atoms with van der Waals surface area (Å²) in [5, 5.41) is 20.6. The van der Waals surface area contributed by atoms with Crippen LogP contribution in [0.3, 0.4) is 0 Å². The zero-order valence-corrected chi connectivity index (χ0v) is 12.4. The van der Waals surface area contributed by atoms with Crippen LogP contribution in [0.1, 0.15) is 18.4 Å². The van der Waals surface area contributed by atoms with E-state index in [9.17, 15) is 15.2 Å². The van der Waals surface area contributed by atoms with Gasteiger partial charge in [0, 0.05) is 45.2 Å². The number of rotatable bonds is 3. The van der Waals surface area contributed by atoms with Crippen LogP contribution in [-0.4, -0.2) is 48.5 Å². The van der Waals surface area contributed by atoms with Crippen LogP contribution in [-0.2, 0) is 16.1 Å². The third-order valence-electron chi connectivity index (χ3n) is 4.41. The zero-order valence-electron chi connectivity index (χ0n) is 12.4. The Morgan fingerprint density at radius 2 is 2.09 bits per heavy atom.